The molecule has 0 aromatic heterocycles. The molecule has 0 radical (unpaired) electrons. The molecule has 3 nitrogen and oxygen atoms in total. The summed E-state index contributed by atoms with van der Waals surface area (Å²) in [6, 6.07) is 9.99. The van der Waals surface area contributed by atoms with Crippen molar-refractivity contribution >= 4 is 5.71 Å². The Hall–Kier alpha value is -1.35. The number of oxime groups is 1. The number of ether oxygens (including phenoxy) is 1. The SMILES string of the molecule is C/C(CCOCc1ccccc1)=N\O. The molecule has 0 fully saturated rings. The minimum Gasteiger partial charge on any atom is -0.411 e. The monoisotopic (exact) mass is 193 g/mol. The first kappa shape index (κ1) is 10.7. The largest absolute Gasteiger partial charge is 0.411 e. The van der Waals surface area contributed by atoms with E-state index in [9.17, 15) is 0 Å². The summed E-state index contributed by atoms with van der Waals surface area (Å²) in [5.74, 6) is 0. The van der Waals surface area contributed by atoms with E-state index in [2.05, 4.69) is 5.16 Å². The fourth-order valence-electron chi connectivity index (χ4n) is 1.03. The molecule has 0 aliphatic heterocycles. The van der Waals surface area contributed by atoms with E-state index >= 15 is 0 Å². The summed E-state index contributed by atoms with van der Waals surface area (Å²) in [4.78, 5) is 0. The van der Waals surface area contributed by atoms with E-state index in [1.807, 2.05) is 30.3 Å². The lowest BCUT2D eigenvalue weighted by Gasteiger charge is -2.03. The van der Waals surface area contributed by atoms with Gasteiger partial charge in [0, 0.05) is 6.42 Å². The number of hydrogen-bond acceptors (Lipinski definition) is 3. The van der Waals surface area contributed by atoms with Gasteiger partial charge in [0.25, 0.3) is 0 Å². The average Bonchev–Trinajstić information content (AvgIpc) is 2.25. The van der Waals surface area contributed by atoms with E-state index in [0.717, 1.165) is 5.56 Å². The molecule has 0 heterocycles. The maximum Gasteiger partial charge on any atom is 0.0717 e. The van der Waals surface area contributed by atoms with Crippen LogP contribution in [0.3, 0.4) is 0 Å². The predicted molar refractivity (Wildman–Crippen MR) is 55.6 cm³/mol. The van der Waals surface area contributed by atoms with Crippen LogP contribution >= 0.6 is 0 Å². The molecule has 0 amide bonds. The minimum atomic E-state index is 0.588. The van der Waals surface area contributed by atoms with E-state index in [-0.39, 0.29) is 0 Å². The van der Waals surface area contributed by atoms with Crippen molar-refractivity contribution < 1.29 is 9.94 Å². The Morgan fingerprint density at radius 3 is 2.71 bits per heavy atom. The van der Waals surface area contributed by atoms with Crippen molar-refractivity contribution in [2.24, 2.45) is 5.16 Å². The Balaban J connectivity index is 2.17. The van der Waals surface area contributed by atoms with Crippen LogP contribution in [0.15, 0.2) is 35.5 Å². The molecule has 14 heavy (non-hydrogen) atoms. The van der Waals surface area contributed by atoms with Gasteiger partial charge in [-0.15, -0.1) is 0 Å². The maximum atomic E-state index is 8.38. The minimum absolute atomic E-state index is 0.588. The van der Waals surface area contributed by atoms with Crippen molar-refractivity contribution in [3.05, 3.63) is 35.9 Å². The van der Waals surface area contributed by atoms with Crippen LogP contribution in [0.2, 0.25) is 0 Å². The first-order chi connectivity index (χ1) is 6.83. The van der Waals surface area contributed by atoms with Gasteiger partial charge in [-0.3, -0.25) is 0 Å². The van der Waals surface area contributed by atoms with Crippen LogP contribution in [0.5, 0.6) is 0 Å². The lowest BCUT2D eigenvalue weighted by molar-refractivity contribution is 0.127. The average molecular weight is 193 g/mol. The first-order valence-corrected chi connectivity index (χ1v) is 4.62. The second kappa shape index (κ2) is 6.16. The van der Waals surface area contributed by atoms with Gasteiger partial charge in [-0.05, 0) is 12.5 Å². The summed E-state index contributed by atoms with van der Waals surface area (Å²) >= 11 is 0. The third-order valence-electron chi connectivity index (χ3n) is 1.89. The smallest absolute Gasteiger partial charge is 0.0717 e. The predicted octanol–water partition coefficient (Wildman–Crippen LogP) is 2.44. The molecule has 0 saturated carbocycles. The van der Waals surface area contributed by atoms with Gasteiger partial charge < -0.3 is 9.94 Å². The van der Waals surface area contributed by atoms with Gasteiger partial charge in [-0.1, -0.05) is 35.5 Å². The summed E-state index contributed by atoms with van der Waals surface area (Å²) < 4.78 is 5.40. The van der Waals surface area contributed by atoms with Gasteiger partial charge in [0.05, 0.1) is 18.9 Å². The molecule has 1 aromatic carbocycles. The molecule has 0 unspecified atom stereocenters. The second-order valence-electron chi connectivity index (χ2n) is 3.12. The van der Waals surface area contributed by atoms with E-state index in [0.29, 0.717) is 25.3 Å². The second-order valence-corrected chi connectivity index (χ2v) is 3.12. The molecule has 0 bridgehead atoms. The van der Waals surface area contributed by atoms with Crippen molar-refractivity contribution in [3.8, 4) is 0 Å². The highest BCUT2D eigenvalue weighted by atomic mass is 16.5. The highest BCUT2D eigenvalue weighted by Gasteiger charge is 1.94. The molecule has 0 atom stereocenters. The van der Waals surface area contributed by atoms with Crippen LogP contribution in [-0.4, -0.2) is 17.5 Å². The van der Waals surface area contributed by atoms with E-state index in [4.69, 9.17) is 9.94 Å². The van der Waals surface area contributed by atoms with Gasteiger partial charge in [-0.2, -0.15) is 0 Å². The topological polar surface area (TPSA) is 41.8 Å². The van der Waals surface area contributed by atoms with Crippen LogP contribution in [0.1, 0.15) is 18.9 Å². The molecule has 1 N–H and O–H groups in total. The zero-order valence-corrected chi connectivity index (χ0v) is 8.31. The lowest BCUT2D eigenvalue weighted by atomic mass is 10.2. The number of nitrogens with zero attached hydrogens (tertiary/aromatic N) is 1. The summed E-state index contributed by atoms with van der Waals surface area (Å²) in [5.41, 5.74) is 1.85. The highest BCUT2D eigenvalue weighted by Crippen LogP contribution is 2.00. The fourth-order valence-corrected chi connectivity index (χ4v) is 1.03. The number of benzene rings is 1. The molecule has 1 rings (SSSR count). The fraction of sp³-hybridized carbons (Fsp3) is 0.364. The molecule has 0 aliphatic rings. The van der Waals surface area contributed by atoms with Crippen molar-refractivity contribution in [2.75, 3.05) is 6.61 Å². The molecular weight excluding hydrogens is 178 g/mol. The molecule has 3 heteroatoms. The highest BCUT2D eigenvalue weighted by molar-refractivity contribution is 5.81. The summed E-state index contributed by atoms with van der Waals surface area (Å²) in [6.07, 6.45) is 0.670. The van der Waals surface area contributed by atoms with Gasteiger partial charge in [0.2, 0.25) is 0 Å². The third kappa shape index (κ3) is 4.05. The lowest BCUT2D eigenvalue weighted by Crippen LogP contribution is -2.00. The van der Waals surface area contributed by atoms with E-state index in [1.165, 1.54) is 0 Å². The number of hydrogen-bond donors (Lipinski definition) is 1. The van der Waals surface area contributed by atoms with Gasteiger partial charge in [0.1, 0.15) is 0 Å². The quantitative estimate of drug-likeness (QED) is 0.338. The first-order valence-electron chi connectivity index (χ1n) is 4.62. The normalized spacial score (nSPS) is 11.6. The van der Waals surface area contributed by atoms with Crippen LogP contribution in [0.4, 0.5) is 0 Å². The van der Waals surface area contributed by atoms with Crippen molar-refractivity contribution in [2.45, 2.75) is 20.0 Å². The molecule has 0 aliphatic carbocycles. The Kier molecular flexibility index (Phi) is 4.72. The van der Waals surface area contributed by atoms with Crippen LogP contribution in [0.25, 0.3) is 0 Å². The van der Waals surface area contributed by atoms with Gasteiger partial charge >= 0.3 is 0 Å². The molecular formula is C11H15NO2. The summed E-state index contributed by atoms with van der Waals surface area (Å²) in [7, 11) is 0. The molecule has 0 spiro atoms. The molecule has 0 saturated heterocycles. The number of rotatable bonds is 5. The third-order valence-corrected chi connectivity index (χ3v) is 1.89. The van der Waals surface area contributed by atoms with Crippen molar-refractivity contribution in [1.82, 2.24) is 0 Å². The maximum absolute atomic E-state index is 8.38. The standard InChI is InChI=1S/C11H15NO2/c1-10(12-13)7-8-14-9-11-5-3-2-4-6-11/h2-6,13H,7-9H2,1H3/b12-10+. The van der Waals surface area contributed by atoms with Gasteiger partial charge in [0.15, 0.2) is 0 Å². The van der Waals surface area contributed by atoms with E-state index in [1.54, 1.807) is 6.92 Å². The van der Waals surface area contributed by atoms with E-state index < -0.39 is 0 Å². The van der Waals surface area contributed by atoms with Crippen molar-refractivity contribution in [3.63, 3.8) is 0 Å². The molecule has 76 valence electrons. The zero-order chi connectivity index (χ0) is 10.2. The van der Waals surface area contributed by atoms with Gasteiger partial charge in [-0.25, -0.2) is 0 Å². The Morgan fingerprint density at radius 1 is 1.36 bits per heavy atom. The van der Waals surface area contributed by atoms with Crippen molar-refractivity contribution in [1.29, 1.82) is 0 Å². The Bertz CT molecular complexity index is 283. The van der Waals surface area contributed by atoms with Crippen LogP contribution < -0.4 is 0 Å². The van der Waals surface area contributed by atoms with Crippen LogP contribution in [0, 0.1) is 0 Å². The summed E-state index contributed by atoms with van der Waals surface area (Å²) in [6.45, 7) is 2.97. The van der Waals surface area contributed by atoms with Crippen LogP contribution in [-0.2, 0) is 11.3 Å². The molecule has 1 aromatic rings. The summed E-state index contributed by atoms with van der Waals surface area (Å²) in [5, 5.41) is 11.5. The Labute approximate surface area is 84.0 Å². The zero-order valence-electron chi connectivity index (χ0n) is 8.31. The Morgan fingerprint density at radius 2 is 2.07 bits per heavy atom.